The highest BCUT2D eigenvalue weighted by molar-refractivity contribution is 8.00. The molecule has 1 heterocycles. The van der Waals surface area contributed by atoms with E-state index in [-0.39, 0.29) is 5.91 Å². The summed E-state index contributed by atoms with van der Waals surface area (Å²) in [4.78, 5) is 21.0. The third-order valence-corrected chi connectivity index (χ3v) is 5.58. The van der Waals surface area contributed by atoms with Crippen LogP contribution in [0, 0.1) is 0 Å². The van der Waals surface area contributed by atoms with Gasteiger partial charge in [-0.1, -0.05) is 64.8 Å². The van der Waals surface area contributed by atoms with Gasteiger partial charge < -0.3 is 5.32 Å². The van der Waals surface area contributed by atoms with Gasteiger partial charge in [0.1, 0.15) is 11.4 Å². The van der Waals surface area contributed by atoms with E-state index in [0.717, 1.165) is 15.9 Å². The van der Waals surface area contributed by atoms with Crippen molar-refractivity contribution in [1.82, 2.24) is 9.97 Å². The summed E-state index contributed by atoms with van der Waals surface area (Å²) in [6.45, 7) is 1.79. The first-order valence-corrected chi connectivity index (χ1v) is 9.29. The number of nitrogens with one attached hydrogen (secondary N) is 1. The SMILES string of the molecule is CC(Sc1ncnc2ccccc12)C(=O)Nc1cc(Cl)c(Cl)cc1Cl. The van der Waals surface area contributed by atoms with Gasteiger partial charge in [0.15, 0.2) is 0 Å². The Bertz CT molecular complexity index is 946. The maximum atomic E-state index is 12.5. The van der Waals surface area contributed by atoms with Crippen LogP contribution >= 0.6 is 46.6 Å². The highest BCUT2D eigenvalue weighted by Gasteiger charge is 2.18. The molecule has 1 unspecified atom stereocenters. The molecule has 1 amide bonds. The van der Waals surface area contributed by atoms with Crippen molar-refractivity contribution in [2.75, 3.05) is 5.32 Å². The number of halogens is 3. The van der Waals surface area contributed by atoms with Gasteiger partial charge in [0, 0.05) is 5.39 Å². The molecule has 2 aromatic carbocycles. The fourth-order valence-corrected chi connectivity index (χ4v) is 3.65. The minimum atomic E-state index is -0.399. The molecule has 1 aromatic heterocycles. The Kier molecular flexibility index (Phi) is 5.69. The number of rotatable bonds is 4. The van der Waals surface area contributed by atoms with Gasteiger partial charge in [-0.2, -0.15) is 0 Å². The Labute approximate surface area is 163 Å². The van der Waals surface area contributed by atoms with Crippen LogP contribution in [0.3, 0.4) is 0 Å². The summed E-state index contributed by atoms with van der Waals surface area (Å²) >= 11 is 19.3. The number of hydrogen-bond acceptors (Lipinski definition) is 4. The van der Waals surface area contributed by atoms with Crippen molar-refractivity contribution < 1.29 is 4.79 Å². The summed E-state index contributed by atoms with van der Waals surface area (Å²) in [6, 6.07) is 10.7. The summed E-state index contributed by atoms with van der Waals surface area (Å²) in [6.07, 6.45) is 1.49. The number of para-hydroxylation sites is 1. The van der Waals surface area contributed by atoms with Gasteiger partial charge in [0.25, 0.3) is 0 Å². The van der Waals surface area contributed by atoms with Crippen LogP contribution in [0.5, 0.6) is 0 Å². The number of anilines is 1. The lowest BCUT2D eigenvalue weighted by Crippen LogP contribution is -2.22. The zero-order valence-electron chi connectivity index (χ0n) is 13.0. The highest BCUT2D eigenvalue weighted by Crippen LogP contribution is 2.33. The minimum absolute atomic E-state index is 0.215. The molecule has 1 N–H and O–H groups in total. The van der Waals surface area contributed by atoms with E-state index in [0.29, 0.717) is 20.8 Å². The average molecular weight is 413 g/mol. The van der Waals surface area contributed by atoms with Crippen LogP contribution < -0.4 is 5.32 Å². The molecule has 0 aliphatic heterocycles. The second kappa shape index (κ2) is 7.79. The first-order valence-electron chi connectivity index (χ1n) is 7.27. The van der Waals surface area contributed by atoms with Crippen molar-refractivity contribution in [3.63, 3.8) is 0 Å². The summed E-state index contributed by atoms with van der Waals surface area (Å²) in [5.41, 5.74) is 1.25. The van der Waals surface area contributed by atoms with Gasteiger partial charge in [0.2, 0.25) is 5.91 Å². The third-order valence-electron chi connectivity index (χ3n) is 3.43. The molecule has 128 valence electrons. The number of benzene rings is 2. The molecule has 0 saturated carbocycles. The molecule has 8 heteroatoms. The molecule has 25 heavy (non-hydrogen) atoms. The molecule has 0 aliphatic rings. The summed E-state index contributed by atoms with van der Waals surface area (Å²) < 4.78 is 0. The van der Waals surface area contributed by atoms with Gasteiger partial charge >= 0.3 is 0 Å². The Hall–Kier alpha value is -1.53. The minimum Gasteiger partial charge on any atom is -0.324 e. The van der Waals surface area contributed by atoms with E-state index in [2.05, 4.69) is 15.3 Å². The van der Waals surface area contributed by atoms with Crippen LogP contribution in [0.25, 0.3) is 10.9 Å². The van der Waals surface area contributed by atoms with Gasteiger partial charge in [0.05, 0.1) is 31.5 Å². The van der Waals surface area contributed by atoms with Crippen molar-refractivity contribution in [2.24, 2.45) is 0 Å². The lowest BCUT2D eigenvalue weighted by molar-refractivity contribution is -0.115. The summed E-state index contributed by atoms with van der Waals surface area (Å²) in [5, 5.41) is 5.00. The predicted octanol–water partition coefficient (Wildman–Crippen LogP) is 5.71. The van der Waals surface area contributed by atoms with Crippen molar-refractivity contribution in [1.29, 1.82) is 0 Å². The molecule has 1 atom stereocenters. The van der Waals surface area contributed by atoms with E-state index < -0.39 is 5.25 Å². The lowest BCUT2D eigenvalue weighted by atomic mass is 10.2. The van der Waals surface area contributed by atoms with Crippen LogP contribution in [0.2, 0.25) is 15.1 Å². The van der Waals surface area contributed by atoms with E-state index in [4.69, 9.17) is 34.8 Å². The van der Waals surface area contributed by atoms with Crippen LogP contribution in [0.15, 0.2) is 47.8 Å². The third kappa shape index (κ3) is 4.18. The van der Waals surface area contributed by atoms with Gasteiger partial charge in [-0.25, -0.2) is 9.97 Å². The normalized spacial score (nSPS) is 12.2. The van der Waals surface area contributed by atoms with Gasteiger partial charge in [-0.3, -0.25) is 4.79 Å². The first kappa shape index (κ1) is 18.3. The van der Waals surface area contributed by atoms with Crippen molar-refractivity contribution in [2.45, 2.75) is 17.2 Å². The second-order valence-corrected chi connectivity index (χ2v) is 7.74. The second-order valence-electron chi connectivity index (χ2n) is 5.19. The fraction of sp³-hybridized carbons (Fsp3) is 0.118. The molecule has 0 bridgehead atoms. The molecular formula is C17H12Cl3N3OS. The standard InChI is InChI=1S/C17H12Cl3N3OS/c1-9(16(24)23-15-7-12(19)11(18)6-13(15)20)25-17-10-4-2-3-5-14(10)21-8-22-17/h2-9H,1H3,(H,23,24). The summed E-state index contributed by atoms with van der Waals surface area (Å²) in [7, 11) is 0. The van der Waals surface area contributed by atoms with E-state index in [9.17, 15) is 4.79 Å². The van der Waals surface area contributed by atoms with Crippen molar-refractivity contribution in [3.8, 4) is 0 Å². The number of nitrogens with zero attached hydrogens (tertiary/aromatic N) is 2. The monoisotopic (exact) mass is 411 g/mol. The van der Waals surface area contributed by atoms with Crippen LogP contribution in [-0.4, -0.2) is 21.1 Å². The lowest BCUT2D eigenvalue weighted by Gasteiger charge is -2.14. The maximum Gasteiger partial charge on any atom is 0.237 e. The predicted molar refractivity (Wildman–Crippen MR) is 105 cm³/mol. The molecule has 0 saturated heterocycles. The van der Waals surface area contributed by atoms with E-state index in [1.54, 1.807) is 6.92 Å². The van der Waals surface area contributed by atoms with Gasteiger partial charge in [-0.15, -0.1) is 0 Å². The molecular weight excluding hydrogens is 401 g/mol. The Morgan fingerprint density at radius 3 is 2.60 bits per heavy atom. The number of carbonyl (C=O) groups excluding carboxylic acids is 1. The molecule has 0 fully saturated rings. The Morgan fingerprint density at radius 1 is 1.08 bits per heavy atom. The number of amides is 1. The highest BCUT2D eigenvalue weighted by atomic mass is 35.5. The summed E-state index contributed by atoms with van der Waals surface area (Å²) in [5.74, 6) is -0.215. The molecule has 0 radical (unpaired) electrons. The van der Waals surface area contributed by atoms with Crippen LogP contribution in [0.4, 0.5) is 5.69 Å². The van der Waals surface area contributed by atoms with E-state index in [1.165, 1.54) is 30.2 Å². The Balaban J connectivity index is 1.78. The molecule has 3 aromatic rings. The largest absolute Gasteiger partial charge is 0.324 e. The van der Waals surface area contributed by atoms with E-state index >= 15 is 0 Å². The van der Waals surface area contributed by atoms with Crippen LogP contribution in [0.1, 0.15) is 6.92 Å². The zero-order chi connectivity index (χ0) is 18.0. The quantitative estimate of drug-likeness (QED) is 0.339. The number of thioether (sulfide) groups is 1. The van der Waals surface area contributed by atoms with Gasteiger partial charge in [-0.05, 0) is 25.1 Å². The fourth-order valence-electron chi connectivity index (χ4n) is 2.15. The Morgan fingerprint density at radius 2 is 1.80 bits per heavy atom. The molecule has 4 nitrogen and oxygen atoms in total. The smallest absolute Gasteiger partial charge is 0.237 e. The topological polar surface area (TPSA) is 54.9 Å². The number of aromatic nitrogens is 2. The molecule has 0 spiro atoms. The van der Waals surface area contributed by atoms with Crippen molar-refractivity contribution in [3.05, 3.63) is 57.8 Å². The zero-order valence-corrected chi connectivity index (χ0v) is 16.0. The number of fused-ring (bicyclic) bond motifs is 1. The molecule has 0 aliphatic carbocycles. The number of hydrogen-bond donors (Lipinski definition) is 1. The van der Waals surface area contributed by atoms with E-state index in [1.807, 2.05) is 24.3 Å². The maximum absolute atomic E-state index is 12.5. The first-order chi connectivity index (χ1) is 12.0. The number of carbonyl (C=O) groups is 1. The molecule has 3 rings (SSSR count). The average Bonchev–Trinajstić information content (AvgIpc) is 2.60. The van der Waals surface area contributed by atoms with Crippen molar-refractivity contribution >= 4 is 69.1 Å². The van der Waals surface area contributed by atoms with Crippen LogP contribution in [-0.2, 0) is 4.79 Å².